The summed E-state index contributed by atoms with van der Waals surface area (Å²) < 4.78 is 4.32. The molecule has 0 radical (unpaired) electrons. The van der Waals surface area contributed by atoms with Crippen molar-refractivity contribution in [2.45, 2.75) is 40.0 Å². The standard InChI is InChI=1S/C11H19N3S/c1-7(2)9-13-10(15-14-9)12-6-8-5-11(8,3)4/h7-8H,5-6H2,1-4H3,(H,12,13,14). The molecule has 1 fully saturated rings. The molecular weight excluding hydrogens is 206 g/mol. The quantitative estimate of drug-likeness (QED) is 0.855. The van der Waals surface area contributed by atoms with Gasteiger partial charge in [-0.25, -0.2) is 4.98 Å². The Hall–Kier alpha value is -0.640. The summed E-state index contributed by atoms with van der Waals surface area (Å²) in [5, 5.41) is 4.36. The summed E-state index contributed by atoms with van der Waals surface area (Å²) >= 11 is 1.48. The molecule has 0 bridgehead atoms. The van der Waals surface area contributed by atoms with Crippen LogP contribution in [0.2, 0.25) is 0 Å². The molecule has 1 atom stereocenters. The molecule has 1 heterocycles. The summed E-state index contributed by atoms with van der Waals surface area (Å²) in [7, 11) is 0. The van der Waals surface area contributed by atoms with E-state index in [1.165, 1.54) is 18.0 Å². The largest absolute Gasteiger partial charge is 0.360 e. The first-order valence-electron chi connectivity index (χ1n) is 5.56. The van der Waals surface area contributed by atoms with Gasteiger partial charge in [0.05, 0.1) is 0 Å². The van der Waals surface area contributed by atoms with Crippen LogP contribution in [0.4, 0.5) is 5.13 Å². The third kappa shape index (κ3) is 2.48. The molecule has 3 nitrogen and oxygen atoms in total. The molecule has 1 unspecified atom stereocenters. The van der Waals surface area contributed by atoms with Crippen LogP contribution in [0.1, 0.15) is 45.9 Å². The van der Waals surface area contributed by atoms with Crippen LogP contribution in [0, 0.1) is 11.3 Å². The van der Waals surface area contributed by atoms with Crippen molar-refractivity contribution in [1.82, 2.24) is 9.36 Å². The Labute approximate surface area is 95.5 Å². The van der Waals surface area contributed by atoms with Gasteiger partial charge in [-0.1, -0.05) is 27.7 Å². The Morgan fingerprint density at radius 1 is 1.53 bits per heavy atom. The summed E-state index contributed by atoms with van der Waals surface area (Å²) in [6, 6.07) is 0. The van der Waals surface area contributed by atoms with Crippen LogP contribution in [0.5, 0.6) is 0 Å². The topological polar surface area (TPSA) is 37.8 Å². The summed E-state index contributed by atoms with van der Waals surface area (Å²) in [5.74, 6) is 2.19. The van der Waals surface area contributed by atoms with Gasteiger partial charge in [0.1, 0.15) is 5.82 Å². The second-order valence-corrected chi connectivity index (χ2v) is 6.13. The maximum Gasteiger partial charge on any atom is 0.202 e. The lowest BCUT2D eigenvalue weighted by atomic mass is 10.1. The van der Waals surface area contributed by atoms with Crippen molar-refractivity contribution in [1.29, 1.82) is 0 Å². The van der Waals surface area contributed by atoms with Crippen molar-refractivity contribution < 1.29 is 0 Å². The van der Waals surface area contributed by atoms with Gasteiger partial charge in [-0.3, -0.25) is 0 Å². The maximum absolute atomic E-state index is 4.45. The zero-order valence-corrected chi connectivity index (χ0v) is 10.7. The molecule has 1 aromatic rings. The van der Waals surface area contributed by atoms with E-state index >= 15 is 0 Å². The highest BCUT2D eigenvalue weighted by Gasteiger charge is 2.45. The predicted octanol–water partition coefficient (Wildman–Crippen LogP) is 3.12. The van der Waals surface area contributed by atoms with Crippen molar-refractivity contribution in [2.24, 2.45) is 11.3 Å². The first-order valence-corrected chi connectivity index (χ1v) is 6.34. The molecule has 15 heavy (non-hydrogen) atoms. The van der Waals surface area contributed by atoms with E-state index in [0.29, 0.717) is 11.3 Å². The van der Waals surface area contributed by atoms with Gasteiger partial charge >= 0.3 is 0 Å². The third-order valence-electron chi connectivity index (χ3n) is 3.18. The fraction of sp³-hybridized carbons (Fsp3) is 0.818. The molecule has 2 rings (SSSR count). The highest BCUT2D eigenvalue weighted by molar-refractivity contribution is 7.09. The lowest BCUT2D eigenvalue weighted by molar-refractivity contribution is 0.573. The van der Waals surface area contributed by atoms with Gasteiger partial charge in [0.25, 0.3) is 0 Å². The van der Waals surface area contributed by atoms with Gasteiger partial charge in [-0.2, -0.15) is 4.37 Å². The molecule has 0 saturated heterocycles. The van der Waals surface area contributed by atoms with Crippen LogP contribution in [-0.4, -0.2) is 15.9 Å². The van der Waals surface area contributed by atoms with Crippen LogP contribution in [-0.2, 0) is 0 Å². The average Bonchev–Trinajstić information content (AvgIpc) is 2.63. The number of hydrogen-bond acceptors (Lipinski definition) is 4. The minimum Gasteiger partial charge on any atom is -0.360 e. The van der Waals surface area contributed by atoms with E-state index in [4.69, 9.17) is 0 Å². The summed E-state index contributed by atoms with van der Waals surface area (Å²) in [6.07, 6.45) is 1.33. The van der Waals surface area contributed by atoms with E-state index in [1.807, 2.05) is 0 Å². The predicted molar refractivity (Wildman–Crippen MR) is 64.4 cm³/mol. The van der Waals surface area contributed by atoms with Gasteiger partial charge < -0.3 is 5.32 Å². The smallest absolute Gasteiger partial charge is 0.202 e. The second-order valence-electron chi connectivity index (χ2n) is 5.38. The van der Waals surface area contributed by atoms with Crippen LogP contribution >= 0.6 is 11.5 Å². The zero-order chi connectivity index (χ0) is 11.1. The lowest BCUT2D eigenvalue weighted by Crippen LogP contribution is -2.07. The monoisotopic (exact) mass is 225 g/mol. The first kappa shape index (κ1) is 10.9. The van der Waals surface area contributed by atoms with Crippen molar-refractivity contribution in [3.05, 3.63) is 5.82 Å². The number of hydrogen-bond donors (Lipinski definition) is 1. The Morgan fingerprint density at radius 2 is 2.20 bits per heavy atom. The maximum atomic E-state index is 4.45. The van der Waals surface area contributed by atoms with Crippen LogP contribution in [0.25, 0.3) is 0 Å². The van der Waals surface area contributed by atoms with Crippen molar-refractivity contribution in [3.8, 4) is 0 Å². The van der Waals surface area contributed by atoms with Crippen LogP contribution in [0.15, 0.2) is 0 Å². The van der Waals surface area contributed by atoms with Crippen LogP contribution in [0.3, 0.4) is 0 Å². The van der Waals surface area contributed by atoms with E-state index < -0.39 is 0 Å². The van der Waals surface area contributed by atoms with Gasteiger partial charge in [0.2, 0.25) is 5.13 Å². The van der Waals surface area contributed by atoms with Crippen LogP contribution < -0.4 is 5.32 Å². The average molecular weight is 225 g/mol. The van der Waals surface area contributed by atoms with E-state index in [2.05, 4.69) is 42.4 Å². The molecule has 0 spiro atoms. The molecule has 4 heteroatoms. The Balaban J connectivity index is 1.84. The Kier molecular flexibility index (Phi) is 2.71. The summed E-state index contributed by atoms with van der Waals surface area (Å²) in [5.41, 5.74) is 0.540. The first-order chi connectivity index (χ1) is 6.99. The third-order valence-corrected chi connectivity index (χ3v) is 3.86. The zero-order valence-electron chi connectivity index (χ0n) is 9.87. The number of rotatable bonds is 4. The second kappa shape index (κ2) is 3.74. The van der Waals surface area contributed by atoms with E-state index in [1.54, 1.807) is 0 Å². The summed E-state index contributed by atoms with van der Waals surface area (Å²) in [4.78, 5) is 4.45. The summed E-state index contributed by atoms with van der Waals surface area (Å²) in [6.45, 7) is 9.92. The van der Waals surface area contributed by atoms with Gasteiger partial charge in [-0.15, -0.1) is 0 Å². The molecule has 1 aliphatic rings. The fourth-order valence-electron chi connectivity index (χ4n) is 1.68. The van der Waals surface area contributed by atoms with E-state index in [0.717, 1.165) is 23.4 Å². The fourth-order valence-corrected chi connectivity index (χ4v) is 2.39. The number of aromatic nitrogens is 2. The molecular formula is C11H19N3S. The Bertz CT molecular complexity index is 343. The van der Waals surface area contributed by atoms with Crippen molar-refractivity contribution in [2.75, 3.05) is 11.9 Å². The SMILES string of the molecule is CC(C)c1nsc(NCC2CC2(C)C)n1. The van der Waals surface area contributed by atoms with Gasteiger partial charge in [0, 0.05) is 24.0 Å². The van der Waals surface area contributed by atoms with Gasteiger partial charge in [-0.05, 0) is 17.8 Å². The molecule has 0 amide bonds. The molecule has 1 saturated carbocycles. The van der Waals surface area contributed by atoms with E-state index in [9.17, 15) is 0 Å². The molecule has 1 N–H and O–H groups in total. The molecule has 0 aromatic carbocycles. The van der Waals surface area contributed by atoms with Crippen molar-refractivity contribution in [3.63, 3.8) is 0 Å². The molecule has 84 valence electrons. The number of nitrogens with one attached hydrogen (secondary N) is 1. The van der Waals surface area contributed by atoms with Gasteiger partial charge in [0.15, 0.2) is 0 Å². The minimum atomic E-state index is 0.425. The van der Waals surface area contributed by atoms with E-state index in [-0.39, 0.29) is 0 Å². The minimum absolute atomic E-state index is 0.425. The highest BCUT2D eigenvalue weighted by atomic mass is 32.1. The number of anilines is 1. The molecule has 1 aliphatic carbocycles. The molecule has 0 aliphatic heterocycles. The Morgan fingerprint density at radius 3 is 2.67 bits per heavy atom. The van der Waals surface area contributed by atoms with Crippen molar-refractivity contribution >= 4 is 16.7 Å². The lowest BCUT2D eigenvalue weighted by Gasteiger charge is -2.03. The normalized spacial score (nSPS) is 23.1. The molecule has 1 aromatic heterocycles. The highest BCUT2D eigenvalue weighted by Crippen LogP contribution is 2.51. The number of nitrogens with zero attached hydrogens (tertiary/aromatic N) is 2.